The second-order valence-electron chi connectivity index (χ2n) is 9.56. The molecule has 1 aliphatic heterocycles. The molecule has 9 heteroatoms. The van der Waals surface area contributed by atoms with E-state index < -0.39 is 48.8 Å². The van der Waals surface area contributed by atoms with Crippen molar-refractivity contribution >= 4 is 18.0 Å². The van der Waals surface area contributed by atoms with Crippen molar-refractivity contribution in [2.24, 2.45) is 5.92 Å². The number of aliphatic carboxylic acids is 1. The highest BCUT2D eigenvalue weighted by atomic mass is 19.3. The standard InChI is InChI=1S/C26H26F2N2O5/c27-26(28)12-22(24(32)33)30(14-26)23(31)15-9-10-16(11-15)29-25(34)35-13-21-19-7-3-1-5-17(19)18-6-2-4-8-20(18)21/h1-8,15-16,21-22H,9-14H2,(H,29,34)(H,32,33)/t15-,16+,22+/m1/s1. The van der Waals surface area contributed by atoms with Crippen LogP contribution >= 0.6 is 0 Å². The molecule has 0 aromatic heterocycles. The molecular weight excluding hydrogens is 458 g/mol. The highest BCUT2D eigenvalue weighted by Crippen LogP contribution is 2.44. The van der Waals surface area contributed by atoms with Gasteiger partial charge < -0.3 is 20.1 Å². The van der Waals surface area contributed by atoms with Gasteiger partial charge >= 0.3 is 12.1 Å². The number of carboxylic acid groups (broad SMARTS) is 1. The molecular formula is C26H26F2N2O5. The van der Waals surface area contributed by atoms with Crippen LogP contribution in [0.2, 0.25) is 0 Å². The molecule has 1 heterocycles. The van der Waals surface area contributed by atoms with Crippen molar-refractivity contribution in [3.05, 3.63) is 59.7 Å². The average molecular weight is 484 g/mol. The molecule has 1 saturated carbocycles. The number of nitrogens with one attached hydrogen (secondary N) is 1. The molecule has 3 aliphatic rings. The Balaban J connectivity index is 1.17. The predicted octanol–water partition coefficient (Wildman–Crippen LogP) is 4.01. The summed E-state index contributed by atoms with van der Waals surface area (Å²) in [5.41, 5.74) is 4.45. The van der Waals surface area contributed by atoms with Crippen molar-refractivity contribution in [2.45, 2.75) is 49.6 Å². The summed E-state index contributed by atoms with van der Waals surface area (Å²) in [7, 11) is 0. The predicted molar refractivity (Wildman–Crippen MR) is 122 cm³/mol. The van der Waals surface area contributed by atoms with E-state index in [1.54, 1.807) is 0 Å². The third-order valence-corrected chi connectivity index (χ3v) is 7.29. The first-order valence-corrected chi connectivity index (χ1v) is 11.8. The summed E-state index contributed by atoms with van der Waals surface area (Å²) in [5, 5.41) is 12.0. The molecule has 35 heavy (non-hydrogen) atoms. The number of benzene rings is 2. The molecule has 0 unspecified atom stereocenters. The van der Waals surface area contributed by atoms with Crippen LogP contribution < -0.4 is 5.32 Å². The summed E-state index contributed by atoms with van der Waals surface area (Å²) >= 11 is 0. The Morgan fingerprint density at radius 2 is 1.66 bits per heavy atom. The van der Waals surface area contributed by atoms with Crippen LogP contribution in [0.3, 0.4) is 0 Å². The number of carbonyl (C=O) groups excluding carboxylic acids is 2. The first kappa shape index (κ1) is 23.3. The summed E-state index contributed by atoms with van der Waals surface area (Å²) in [6.45, 7) is -0.720. The number of nitrogens with zero attached hydrogens (tertiary/aromatic N) is 1. The number of carboxylic acids is 1. The van der Waals surface area contributed by atoms with Gasteiger partial charge in [0.2, 0.25) is 5.91 Å². The number of carbonyl (C=O) groups is 3. The molecule has 2 aliphatic carbocycles. The van der Waals surface area contributed by atoms with Crippen molar-refractivity contribution in [1.29, 1.82) is 0 Å². The maximum atomic E-state index is 13.8. The van der Waals surface area contributed by atoms with Crippen LogP contribution in [0.5, 0.6) is 0 Å². The molecule has 2 fully saturated rings. The molecule has 2 aromatic carbocycles. The number of rotatable bonds is 5. The van der Waals surface area contributed by atoms with Crippen LogP contribution in [-0.2, 0) is 14.3 Å². The highest BCUT2D eigenvalue weighted by molar-refractivity contribution is 5.86. The van der Waals surface area contributed by atoms with E-state index >= 15 is 0 Å². The molecule has 1 saturated heterocycles. The number of hydrogen-bond acceptors (Lipinski definition) is 4. The minimum atomic E-state index is -3.21. The van der Waals surface area contributed by atoms with Gasteiger partial charge in [-0.05, 0) is 41.5 Å². The fourth-order valence-corrected chi connectivity index (χ4v) is 5.65. The van der Waals surface area contributed by atoms with Crippen LogP contribution in [0.25, 0.3) is 11.1 Å². The summed E-state index contributed by atoms with van der Waals surface area (Å²) < 4.78 is 33.1. The largest absolute Gasteiger partial charge is 0.480 e. The number of amides is 2. The van der Waals surface area contributed by atoms with E-state index in [9.17, 15) is 28.3 Å². The van der Waals surface area contributed by atoms with Crippen molar-refractivity contribution in [2.75, 3.05) is 13.2 Å². The first-order valence-electron chi connectivity index (χ1n) is 11.8. The van der Waals surface area contributed by atoms with Crippen molar-refractivity contribution in [3.63, 3.8) is 0 Å². The summed E-state index contributed by atoms with van der Waals surface area (Å²) in [5.74, 6) is -5.91. The molecule has 2 amide bonds. The number of likely N-dealkylation sites (tertiary alicyclic amines) is 1. The lowest BCUT2D eigenvalue weighted by molar-refractivity contribution is -0.149. The summed E-state index contributed by atoms with van der Waals surface area (Å²) in [6, 6.07) is 14.2. The van der Waals surface area contributed by atoms with Gasteiger partial charge in [-0.2, -0.15) is 0 Å². The SMILES string of the molecule is O=C(N[C@H]1CC[C@@H](C(=O)N2CC(F)(F)C[C@H]2C(=O)O)C1)OCC1c2ccccc2-c2ccccc21. The molecule has 0 bridgehead atoms. The Hall–Kier alpha value is -3.49. The topological polar surface area (TPSA) is 95.9 Å². The second kappa shape index (κ2) is 8.94. The Labute approximate surface area is 201 Å². The van der Waals surface area contributed by atoms with Gasteiger partial charge in [-0.3, -0.25) is 4.79 Å². The molecule has 0 radical (unpaired) electrons. The first-order chi connectivity index (χ1) is 16.7. The van der Waals surface area contributed by atoms with Gasteiger partial charge in [0.15, 0.2) is 0 Å². The van der Waals surface area contributed by atoms with Crippen LogP contribution in [-0.4, -0.2) is 59.1 Å². The minimum Gasteiger partial charge on any atom is -0.480 e. The zero-order chi connectivity index (χ0) is 24.7. The number of fused-ring (bicyclic) bond motifs is 3. The van der Waals surface area contributed by atoms with E-state index in [4.69, 9.17) is 4.74 Å². The smallest absolute Gasteiger partial charge is 0.407 e. The molecule has 184 valence electrons. The molecule has 7 nitrogen and oxygen atoms in total. The van der Waals surface area contributed by atoms with E-state index in [2.05, 4.69) is 17.4 Å². The Morgan fingerprint density at radius 3 is 2.29 bits per heavy atom. The van der Waals surface area contributed by atoms with E-state index in [0.29, 0.717) is 12.8 Å². The molecule has 3 atom stereocenters. The maximum Gasteiger partial charge on any atom is 0.407 e. The van der Waals surface area contributed by atoms with Gasteiger partial charge in [-0.15, -0.1) is 0 Å². The third kappa shape index (κ3) is 4.47. The normalized spacial score (nSPS) is 24.6. The monoisotopic (exact) mass is 484 g/mol. The van der Waals surface area contributed by atoms with Crippen molar-refractivity contribution in [3.8, 4) is 11.1 Å². The number of ether oxygens (including phenoxy) is 1. The van der Waals surface area contributed by atoms with Crippen LogP contribution in [0, 0.1) is 5.92 Å². The Morgan fingerprint density at radius 1 is 1.03 bits per heavy atom. The minimum absolute atomic E-state index is 0.0733. The fraction of sp³-hybridized carbons (Fsp3) is 0.423. The third-order valence-electron chi connectivity index (χ3n) is 7.29. The van der Waals surface area contributed by atoms with Crippen molar-refractivity contribution < 1.29 is 33.0 Å². The summed E-state index contributed by atoms with van der Waals surface area (Å²) in [4.78, 5) is 37.5. The van der Waals surface area contributed by atoms with Crippen LogP contribution in [0.4, 0.5) is 13.6 Å². The number of halogens is 2. The fourth-order valence-electron chi connectivity index (χ4n) is 5.65. The molecule has 2 aromatic rings. The highest BCUT2D eigenvalue weighted by Gasteiger charge is 2.51. The number of alkyl carbamates (subject to hydrolysis) is 1. The number of alkyl halides is 2. The van der Waals surface area contributed by atoms with Gasteiger partial charge in [0.25, 0.3) is 5.92 Å². The Kier molecular flexibility index (Phi) is 5.94. The van der Waals surface area contributed by atoms with Gasteiger partial charge in [-0.25, -0.2) is 18.4 Å². The molecule has 0 spiro atoms. The van der Waals surface area contributed by atoms with E-state index in [-0.39, 0.29) is 25.0 Å². The molecule has 2 N–H and O–H groups in total. The van der Waals surface area contributed by atoms with E-state index in [1.165, 1.54) is 0 Å². The van der Waals surface area contributed by atoms with E-state index in [1.807, 2.05) is 36.4 Å². The van der Waals surface area contributed by atoms with Crippen molar-refractivity contribution in [1.82, 2.24) is 10.2 Å². The second-order valence-corrected chi connectivity index (χ2v) is 9.56. The molecule has 5 rings (SSSR count). The summed E-state index contributed by atoms with van der Waals surface area (Å²) in [6.07, 6.45) is -0.329. The lowest BCUT2D eigenvalue weighted by Gasteiger charge is -2.24. The van der Waals surface area contributed by atoms with E-state index in [0.717, 1.165) is 27.2 Å². The van der Waals surface area contributed by atoms with Gasteiger partial charge in [0, 0.05) is 24.3 Å². The quantitative estimate of drug-likeness (QED) is 0.669. The van der Waals surface area contributed by atoms with Gasteiger partial charge in [0.1, 0.15) is 12.6 Å². The zero-order valence-electron chi connectivity index (χ0n) is 19.0. The zero-order valence-corrected chi connectivity index (χ0v) is 19.0. The van der Waals surface area contributed by atoms with Crippen LogP contribution in [0.1, 0.15) is 42.7 Å². The number of hydrogen-bond donors (Lipinski definition) is 2. The van der Waals surface area contributed by atoms with Gasteiger partial charge in [0.05, 0.1) is 6.54 Å². The van der Waals surface area contributed by atoms with Crippen LogP contribution in [0.15, 0.2) is 48.5 Å². The van der Waals surface area contributed by atoms with Gasteiger partial charge in [-0.1, -0.05) is 48.5 Å². The lowest BCUT2D eigenvalue weighted by atomic mass is 9.98. The maximum absolute atomic E-state index is 13.8. The Bertz CT molecular complexity index is 1120. The average Bonchev–Trinajstić information content (AvgIpc) is 3.51. The lowest BCUT2D eigenvalue weighted by Crippen LogP contribution is -2.44.